The second kappa shape index (κ2) is 16.4. The molecule has 5 heterocycles. The molecule has 0 aliphatic carbocycles. The van der Waals surface area contributed by atoms with Crippen LogP contribution < -0.4 is 9.80 Å². The summed E-state index contributed by atoms with van der Waals surface area (Å²) >= 11 is 25.5. The van der Waals surface area contributed by atoms with Crippen LogP contribution in [0.15, 0.2) is 88.0 Å². The minimum atomic E-state index is -1.13. The van der Waals surface area contributed by atoms with Crippen molar-refractivity contribution in [3.8, 4) is 0 Å². The third-order valence-electron chi connectivity index (χ3n) is 10.3. The number of benzene rings is 4. The Balaban J connectivity index is 0.000000162. The topological polar surface area (TPSA) is 160 Å². The fraction of sp³-hybridized carbons (Fsp3) is 0.220. The molecule has 3 aromatic heterocycles. The van der Waals surface area contributed by atoms with E-state index in [9.17, 15) is 14.4 Å². The number of carboxylic acids is 2. The number of amides is 1. The number of anilines is 2. The van der Waals surface area contributed by atoms with Crippen LogP contribution in [0.2, 0.25) is 20.1 Å². The number of aromatic amines is 1. The maximum absolute atomic E-state index is 12.9. The average Bonchev–Trinajstić information content (AvgIpc) is 4.00. The summed E-state index contributed by atoms with van der Waals surface area (Å²) in [6, 6.07) is 21.1. The molecular formula is C41H34Cl4N6O7. The number of aromatic carboxylic acids is 2. The number of imidazole rings is 1. The molecule has 17 heteroatoms. The number of rotatable bonds is 7. The van der Waals surface area contributed by atoms with Crippen LogP contribution >= 0.6 is 46.4 Å². The number of aromatic nitrogens is 2. The van der Waals surface area contributed by atoms with Crippen molar-refractivity contribution in [3.05, 3.63) is 122 Å². The number of piperazine rings is 2. The van der Waals surface area contributed by atoms with Crippen LogP contribution in [-0.2, 0) is 6.54 Å². The van der Waals surface area contributed by atoms with E-state index in [0.717, 1.165) is 65.7 Å². The molecular weight excluding hydrogens is 830 g/mol. The Hall–Kier alpha value is -5.44. The van der Waals surface area contributed by atoms with Crippen LogP contribution in [0.5, 0.6) is 0 Å². The fourth-order valence-electron chi connectivity index (χ4n) is 7.29. The molecule has 298 valence electrons. The van der Waals surface area contributed by atoms with Gasteiger partial charge in [0.2, 0.25) is 11.5 Å². The zero-order chi connectivity index (χ0) is 40.7. The van der Waals surface area contributed by atoms with Gasteiger partial charge in [0.05, 0.1) is 38.8 Å². The molecule has 9 rings (SSSR count). The highest BCUT2D eigenvalue weighted by Gasteiger charge is 2.26. The van der Waals surface area contributed by atoms with Gasteiger partial charge in [0.25, 0.3) is 5.91 Å². The maximum atomic E-state index is 12.9. The highest BCUT2D eigenvalue weighted by atomic mass is 35.5. The summed E-state index contributed by atoms with van der Waals surface area (Å²) in [5.74, 6) is -2.52. The van der Waals surface area contributed by atoms with E-state index in [4.69, 9.17) is 65.5 Å². The molecule has 2 aliphatic heterocycles. The second-order valence-corrected chi connectivity index (χ2v) is 15.5. The lowest BCUT2D eigenvalue weighted by molar-refractivity contribution is 0.0655. The van der Waals surface area contributed by atoms with Gasteiger partial charge in [0.15, 0.2) is 0 Å². The number of fused-ring (bicyclic) bond motifs is 3. The number of hydrogen-bond donors (Lipinski definition) is 3. The fourth-order valence-corrected chi connectivity index (χ4v) is 8.32. The lowest BCUT2D eigenvalue weighted by Crippen LogP contribution is -2.48. The van der Waals surface area contributed by atoms with Crippen molar-refractivity contribution in [3.63, 3.8) is 0 Å². The van der Waals surface area contributed by atoms with Gasteiger partial charge in [0.1, 0.15) is 11.2 Å². The Morgan fingerprint density at radius 3 is 1.81 bits per heavy atom. The SMILES string of the molecule is O=C(O)c1cc2c(Cl)c(N3CCN(C(=O)c4ccc5nc[nH]c5c4)CC3)ccc2o1.O=C(O)c1cc2c(Cl)c(N3CCN(Cc4cc(Cl)ccc4Cl)CC3)ccc2o1. The zero-order valence-corrected chi connectivity index (χ0v) is 33.6. The van der Waals surface area contributed by atoms with Gasteiger partial charge < -0.3 is 38.7 Å². The predicted octanol–water partition coefficient (Wildman–Crippen LogP) is 9.04. The largest absolute Gasteiger partial charge is 0.475 e. The number of H-pyrrole nitrogens is 1. The smallest absolute Gasteiger partial charge is 0.371 e. The molecule has 0 unspecified atom stereocenters. The first-order valence-corrected chi connectivity index (χ1v) is 19.7. The minimum absolute atomic E-state index is 0.0198. The van der Waals surface area contributed by atoms with Crippen LogP contribution in [-0.4, -0.2) is 100 Å². The number of halogens is 4. The number of carbonyl (C=O) groups excluding carboxylic acids is 1. The average molecular weight is 865 g/mol. The highest BCUT2D eigenvalue weighted by Crippen LogP contribution is 2.37. The zero-order valence-electron chi connectivity index (χ0n) is 30.6. The Labute approximate surface area is 350 Å². The molecule has 0 saturated carbocycles. The summed E-state index contributed by atoms with van der Waals surface area (Å²) in [7, 11) is 0. The van der Waals surface area contributed by atoms with Crippen LogP contribution in [0.25, 0.3) is 33.0 Å². The van der Waals surface area contributed by atoms with Crippen molar-refractivity contribution in [2.24, 2.45) is 0 Å². The number of nitrogens with zero attached hydrogens (tertiary/aromatic N) is 5. The number of nitrogens with one attached hydrogen (secondary N) is 1. The molecule has 58 heavy (non-hydrogen) atoms. The van der Waals surface area contributed by atoms with E-state index in [1.807, 2.05) is 41.3 Å². The molecule has 1 amide bonds. The van der Waals surface area contributed by atoms with Gasteiger partial charge in [-0.3, -0.25) is 9.69 Å². The second-order valence-electron chi connectivity index (χ2n) is 13.9. The summed E-state index contributed by atoms with van der Waals surface area (Å²) in [6.45, 7) is 6.38. The van der Waals surface area contributed by atoms with Crippen molar-refractivity contribution >= 4 is 109 Å². The van der Waals surface area contributed by atoms with Crippen LogP contribution in [0.3, 0.4) is 0 Å². The Morgan fingerprint density at radius 2 is 1.24 bits per heavy atom. The Kier molecular flexibility index (Phi) is 11.2. The monoisotopic (exact) mass is 862 g/mol. The molecule has 2 saturated heterocycles. The first kappa shape index (κ1) is 39.4. The summed E-state index contributed by atoms with van der Waals surface area (Å²) in [5.41, 5.74) is 5.89. The van der Waals surface area contributed by atoms with E-state index in [0.29, 0.717) is 68.7 Å². The summed E-state index contributed by atoms with van der Waals surface area (Å²) < 4.78 is 10.6. The van der Waals surface area contributed by atoms with Gasteiger partial charge in [-0.05, 0) is 66.2 Å². The molecule has 0 spiro atoms. The van der Waals surface area contributed by atoms with E-state index >= 15 is 0 Å². The number of hydrogen-bond acceptors (Lipinski definition) is 9. The number of furan rings is 2. The maximum Gasteiger partial charge on any atom is 0.371 e. The molecule has 0 radical (unpaired) electrons. The standard InChI is InChI=1S/C21H17ClN4O4.C20H17Cl3N2O3/c22-19-13-10-18(21(28)29)30-17(13)4-3-16(19)25-5-7-26(8-6-25)20(27)12-1-2-14-15(9-12)24-11-23-14;21-13-1-2-15(22)12(9-13)11-24-5-7-25(8-6-24)16-3-4-17-14(19(16)23)10-18(28-17)20(26)27/h1-4,9-11H,5-8H2,(H,23,24)(H,28,29);1-4,9-10H,5-8,11H2,(H,26,27). The van der Waals surface area contributed by atoms with Crippen LogP contribution in [0.1, 0.15) is 37.0 Å². The minimum Gasteiger partial charge on any atom is -0.475 e. The Morgan fingerprint density at radius 1 is 0.672 bits per heavy atom. The first-order valence-electron chi connectivity index (χ1n) is 18.2. The number of carbonyl (C=O) groups is 3. The molecule has 13 nitrogen and oxygen atoms in total. The van der Waals surface area contributed by atoms with Crippen molar-refractivity contribution in [2.75, 3.05) is 62.2 Å². The van der Waals surface area contributed by atoms with Crippen molar-refractivity contribution < 1.29 is 33.4 Å². The first-order chi connectivity index (χ1) is 27.9. The lowest BCUT2D eigenvalue weighted by Gasteiger charge is -2.36. The molecule has 2 fully saturated rings. The van der Waals surface area contributed by atoms with Gasteiger partial charge in [-0.25, -0.2) is 14.6 Å². The van der Waals surface area contributed by atoms with E-state index in [-0.39, 0.29) is 17.4 Å². The van der Waals surface area contributed by atoms with Crippen molar-refractivity contribution in [2.45, 2.75) is 6.54 Å². The third kappa shape index (κ3) is 8.00. The van der Waals surface area contributed by atoms with Gasteiger partial charge >= 0.3 is 11.9 Å². The third-order valence-corrected chi connectivity index (χ3v) is 11.7. The van der Waals surface area contributed by atoms with Crippen molar-refractivity contribution in [1.82, 2.24) is 19.8 Å². The van der Waals surface area contributed by atoms with E-state index < -0.39 is 11.9 Å². The highest BCUT2D eigenvalue weighted by molar-refractivity contribution is 6.39. The van der Waals surface area contributed by atoms with Gasteiger partial charge in [-0.2, -0.15) is 0 Å². The summed E-state index contributed by atoms with van der Waals surface area (Å²) in [4.78, 5) is 50.8. The van der Waals surface area contributed by atoms with Gasteiger partial charge in [-0.1, -0.05) is 46.4 Å². The quantitative estimate of drug-likeness (QED) is 0.140. The normalized spacial score (nSPS) is 14.9. The van der Waals surface area contributed by atoms with E-state index in [2.05, 4.69) is 24.7 Å². The van der Waals surface area contributed by atoms with Crippen LogP contribution in [0.4, 0.5) is 11.4 Å². The molecule has 4 aromatic carbocycles. The summed E-state index contributed by atoms with van der Waals surface area (Å²) in [6.07, 6.45) is 1.61. The Bertz CT molecular complexity index is 2700. The van der Waals surface area contributed by atoms with E-state index in [1.165, 1.54) is 12.1 Å². The molecule has 7 aromatic rings. The van der Waals surface area contributed by atoms with Crippen molar-refractivity contribution in [1.29, 1.82) is 0 Å². The molecule has 2 aliphatic rings. The molecule has 0 atom stereocenters. The molecule has 3 N–H and O–H groups in total. The van der Waals surface area contributed by atoms with E-state index in [1.54, 1.807) is 30.6 Å². The lowest BCUT2D eigenvalue weighted by atomic mass is 10.1. The molecule has 0 bridgehead atoms. The predicted molar refractivity (Wildman–Crippen MR) is 225 cm³/mol. The van der Waals surface area contributed by atoms with Crippen LogP contribution in [0, 0.1) is 0 Å². The van der Waals surface area contributed by atoms with Gasteiger partial charge in [0, 0.05) is 97.4 Å². The van der Waals surface area contributed by atoms with Gasteiger partial charge in [-0.15, -0.1) is 0 Å². The number of carboxylic acid groups (broad SMARTS) is 2. The summed E-state index contributed by atoms with van der Waals surface area (Å²) in [5, 5.41) is 21.8.